The van der Waals surface area contributed by atoms with Crippen LogP contribution in [0.2, 0.25) is 0 Å². The molecule has 0 spiro atoms. The number of aromatic nitrogens is 3. The van der Waals surface area contributed by atoms with E-state index in [1.807, 2.05) is 0 Å². The molecule has 11 heteroatoms. The Morgan fingerprint density at radius 3 is 1.78 bits per heavy atom. The highest BCUT2D eigenvalue weighted by molar-refractivity contribution is 5.37. The van der Waals surface area contributed by atoms with Crippen LogP contribution >= 0.6 is 0 Å². The summed E-state index contributed by atoms with van der Waals surface area (Å²) in [6.07, 6.45) is -7.87. The maximum atomic E-state index is 9.45. The lowest BCUT2D eigenvalue weighted by Crippen LogP contribution is -2.47. The molecular weight excluding hydrogens is 248 g/mol. The van der Waals surface area contributed by atoms with Crippen LogP contribution in [0.3, 0.4) is 0 Å². The van der Waals surface area contributed by atoms with Gasteiger partial charge in [0.25, 0.3) is 0 Å². The molecule has 10 N–H and O–H groups in total. The first-order valence-electron chi connectivity index (χ1n) is 4.75. The Morgan fingerprint density at radius 1 is 0.833 bits per heavy atom. The highest BCUT2D eigenvalue weighted by Gasteiger charge is 2.29. The third-order valence-electron chi connectivity index (χ3n) is 1.93. The van der Waals surface area contributed by atoms with Crippen LogP contribution in [0.25, 0.3) is 0 Å². The molecule has 3 atom stereocenters. The van der Waals surface area contributed by atoms with E-state index in [2.05, 4.69) is 20.3 Å². The molecule has 0 bridgehead atoms. The number of rotatable bonds is 5. The van der Waals surface area contributed by atoms with E-state index in [0.29, 0.717) is 0 Å². The van der Waals surface area contributed by atoms with Gasteiger partial charge in [-0.2, -0.15) is 15.0 Å². The van der Waals surface area contributed by atoms with Crippen molar-refractivity contribution in [1.82, 2.24) is 15.0 Å². The Labute approximate surface area is 101 Å². The first-order valence-corrected chi connectivity index (χ1v) is 4.75. The molecule has 1 aromatic heterocycles. The number of hydrogen-bond acceptors (Lipinski definition) is 11. The van der Waals surface area contributed by atoms with Gasteiger partial charge in [0.1, 0.15) is 12.2 Å². The van der Waals surface area contributed by atoms with E-state index in [4.69, 9.17) is 26.8 Å². The summed E-state index contributed by atoms with van der Waals surface area (Å²) in [6.45, 7) is 0. The van der Waals surface area contributed by atoms with Crippen LogP contribution in [0.4, 0.5) is 17.8 Å². The average Bonchev–Trinajstić information content (AvgIpc) is 2.25. The first-order chi connectivity index (χ1) is 8.31. The van der Waals surface area contributed by atoms with Crippen molar-refractivity contribution >= 4 is 17.8 Å². The van der Waals surface area contributed by atoms with Crippen LogP contribution in [-0.4, -0.2) is 65.2 Å². The van der Waals surface area contributed by atoms with Crippen LogP contribution in [0.1, 0.15) is 0 Å². The third-order valence-corrected chi connectivity index (χ3v) is 1.93. The van der Waals surface area contributed by atoms with Gasteiger partial charge in [-0.25, -0.2) is 0 Å². The van der Waals surface area contributed by atoms with Crippen molar-refractivity contribution in [2.45, 2.75) is 24.7 Å². The summed E-state index contributed by atoms with van der Waals surface area (Å²) in [6, 6.07) is 0. The molecule has 0 saturated heterocycles. The van der Waals surface area contributed by atoms with E-state index in [9.17, 15) is 10.2 Å². The number of nitrogens with two attached hydrogens (primary N) is 2. The minimum absolute atomic E-state index is 0.213. The van der Waals surface area contributed by atoms with Crippen LogP contribution in [0.15, 0.2) is 0 Å². The Kier molecular flexibility index (Phi) is 4.52. The van der Waals surface area contributed by atoms with Gasteiger partial charge in [0.2, 0.25) is 17.8 Å². The molecule has 3 unspecified atom stereocenters. The summed E-state index contributed by atoms with van der Waals surface area (Å²) in [5, 5.41) is 47.3. The second-order valence-electron chi connectivity index (χ2n) is 3.36. The number of anilines is 3. The lowest BCUT2D eigenvalue weighted by atomic mass is 10.1. The molecule has 0 saturated carbocycles. The molecule has 0 radical (unpaired) electrons. The molecule has 1 heterocycles. The predicted octanol–water partition coefficient (Wildman–Crippen LogP) is -4.20. The summed E-state index contributed by atoms with van der Waals surface area (Å²) in [7, 11) is 0. The van der Waals surface area contributed by atoms with Gasteiger partial charge in [-0.15, -0.1) is 0 Å². The smallest absolute Gasteiger partial charge is 0.231 e. The van der Waals surface area contributed by atoms with Crippen LogP contribution < -0.4 is 16.8 Å². The zero-order valence-electron chi connectivity index (χ0n) is 9.04. The Bertz CT molecular complexity index is 384. The van der Waals surface area contributed by atoms with Gasteiger partial charge in [0.15, 0.2) is 12.5 Å². The van der Waals surface area contributed by atoms with Gasteiger partial charge in [-0.05, 0) is 0 Å². The van der Waals surface area contributed by atoms with Crippen LogP contribution in [0.5, 0.6) is 0 Å². The van der Waals surface area contributed by atoms with Gasteiger partial charge < -0.3 is 42.3 Å². The number of nitrogen functional groups attached to an aromatic ring is 2. The minimum atomic E-state index is -2.22. The molecule has 0 aromatic carbocycles. The fraction of sp³-hybridized carbons (Fsp3) is 0.571. The van der Waals surface area contributed by atoms with Crippen molar-refractivity contribution in [2.24, 2.45) is 0 Å². The van der Waals surface area contributed by atoms with Crippen LogP contribution in [0, 0.1) is 0 Å². The number of nitrogens with one attached hydrogen (secondary N) is 1. The van der Waals surface area contributed by atoms with Gasteiger partial charge >= 0.3 is 0 Å². The van der Waals surface area contributed by atoms with Gasteiger partial charge in [0, 0.05) is 0 Å². The summed E-state index contributed by atoms with van der Waals surface area (Å²) >= 11 is 0. The zero-order valence-corrected chi connectivity index (χ0v) is 9.04. The van der Waals surface area contributed by atoms with Gasteiger partial charge in [-0.3, -0.25) is 0 Å². The number of nitrogens with zero attached hydrogens (tertiary/aromatic N) is 3. The van der Waals surface area contributed by atoms with E-state index in [0.717, 1.165) is 0 Å². The topological polar surface area (TPSA) is 204 Å². The average molecular weight is 262 g/mol. The molecular formula is C7H14N6O5. The van der Waals surface area contributed by atoms with Crippen molar-refractivity contribution in [1.29, 1.82) is 0 Å². The van der Waals surface area contributed by atoms with E-state index in [-0.39, 0.29) is 17.8 Å². The lowest BCUT2D eigenvalue weighted by molar-refractivity contribution is -0.173. The summed E-state index contributed by atoms with van der Waals surface area (Å²) in [4.78, 5) is 10.6. The number of aliphatic hydroxyl groups is 5. The molecule has 0 amide bonds. The normalized spacial score (nSPS) is 16.3. The first kappa shape index (κ1) is 14.3. The molecule has 0 aliphatic carbocycles. The maximum Gasteiger partial charge on any atom is 0.231 e. The van der Waals surface area contributed by atoms with Gasteiger partial charge in [-0.1, -0.05) is 0 Å². The van der Waals surface area contributed by atoms with Crippen molar-refractivity contribution in [2.75, 3.05) is 16.8 Å². The van der Waals surface area contributed by atoms with Crippen molar-refractivity contribution in [3.05, 3.63) is 0 Å². The number of hydrogen-bond donors (Lipinski definition) is 8. The van der Waals surface area contributed by atoms with E-state index >= 15 is 0 Å². The second-order valence-corrected chi connectivity index (χ2v) is 3.36. The summed E-state index contributed by atoms with van der Waals surface area (Å²) in [5.74, 6) is -0.671. The van der Waals surface area contributed by atoms with E-state index < -0.39 is 24.7 Å². The molecule has 1 aromatic rings. The lowest BCUT2D eigenvalue weighted by Gasteiger charge is -2.24. The summed E-state index contributed by atoms with van der Waals surface area (Å²) in [5.41, 5.74) is 10.5. The maximum absolute atomic E-state index is 9.45. The van der Waals surface area contributed by atoms with Crippen molar-refractivity contribution < 1.29 is 25.5 Å². The fourth-order valence-electron chi connectivity index (χ4n) is 1.05. The standard InChI is InChI=1S/C7H14N6O5/c8-5-11-6(9)13-7(12-5)10-3(16)1(14)2(15)4(17)18/h1-4,14-18H,(H5,8,9,10,11,12,13). The molecule has 0 aliphatic heterocycles. The zero-order chi connectivity index (χ0) is 13.9. The minimum Gasteiger partial charge on any atom is -0.385 e. The molecule has 11 nitrogen and oxygen atoms in total. The monoisotopic (exact) mass is 262 g/mol. The fourth-order valence-corrected chi connectivity index (χ4v) is 1.05. The molecule has 18 heavy (non-hydrogen) atoms. The Hall–Kier alpha value is -1.79. The van der Waals surface area contributed by atoms with E-state index in [1.54, 1.807) is 0 Å². The predicted molar refractivity (Wildman–Crippen MR) is 58.5 cm³/mol. The quantitative estimate of drug-likeness (QED) is 0.239. The largest absolute Gasteiger partial charge is 0.385 e. The third kappa shape index (κ3) is 3.61. The van der Waals surface area contributed by atoms with Crippen molar-refractivity contribution in [3.8, 4) is 0 Å². The second kappa shape index (κ2) is 5.70. The van der Waals surface area contributed by atoms with Gasteiger partial charge in [0.05, 0.1) is 0 Å². The highest BCUT2D eigenvalue weighted by Crippen LogP contribution is 2.08. The molecule has 1 rings (SSSR count). The van der Waals surface area contributed by atoms with E-state index in [1.165, 1.54) is 0 Å². The summed E-state index contributed by atoms with van der Waals surface area (Å²) < 4.78 is 0. The molecule has 102 valence electrons. The van der Waals surface area contributed by atoms with Crippen LogP contribution in [-0.2, 0) is 0 Å². The van der Waals surface area contributed by atoms with Crippen molar-refractivity contribution in [3.63, 3.8) is 0 Å². The molecule has 0 fully saturated rings. The Morgan fingerprint density at radius 2 is 1.33 bits per heavy atom. The highest BCUT2D eigenvalue weighted by atomic mass is 16.5. The SMILES string of the molecule is Nc1nc(N)nc(NC(O)C(O)C(O)C(O)O)n1. The Balaban J connectivity index is 2.71. The molecule has 0 aliphatic rings. The number of aliphatic hydroxyl groups excluding tert-OH is 4.